The van der Waals surface area contributed by atoms with Crippen molar-refractivity contribution < 1.29 is 0 Å². The Morgan fingerprint density at radius 3 is 1.71 bits per heavy atom. The molecule has 0 heterocycles. The minimum Gasteiger partial charge on any atom is -0.0597 e. The maximum absolute atomic E-state index is 2.58. The lowest BCUT2D eigenvalue weighted by molar-refractivity contribution is -0.363. The molecule has 2 fully saturated rings. The van der Waals surface area contributed by atoms with Gasteiger partial charge in [-0.3, -0.25) is 0 Å². The second-order valence-electron chi connectivity index (χ2n) is 11.7. The number of hydrogen-bond acceptors (Lipinski definition) is 0. The largest absolute Gasteiger partial charge is 0.0597 e. The van der Waals surface area contributed by atoms with E-state index in [2.05, 4.69) is 76.2 Å². The van der Waals surface area contributed by atoms with Gasteiger partial charge in [0.25, 0.3) is 0 Å². The smallest absolute Gasteiger partial charge is 0.0225 e. The Balaban J connectivity index is 2.11. The van der Waals surface area contributed by atoms with Gasteiger partial charge in [0.2, 0.25) is 0 Å². The van der Waals surface area contributed by atoms with Crippen LogP contribution in [0.15, 0.2) is 0 Å². The van der Waals surface area contributed by atoms with Crippen LogP contribution in [-0.2, 0) is 0 Å². The summed E-state index contributed by atoms with van der Waals surface area (Å²) in [5.41, 5.74) is 2.94. The molecule has 3 atom stereocenters. The highest BCUT2D eigenvalue weighted by molar-refractivity contribution is 5.27. The zero-order chi connectivity index (χ0) is 16.7. The molecule has 2 aliphatic rings. The lowest BCUT2D eigenvalue weighted by Crippen LogP contribution is -2.78. The Hall–Kier alpha value is 0. The van der Waals surface area contributed by atoms with Gasteiger partial charge in [0.1, 0.15) is 0 Å². The zero-order valence-electron chi connectivity index (χ0n) is 16.7. The molecule has 0 saturated heterocycles. The summed E-state index contributed by atoms with van der Waals surface area (Å²) in [7, 11) is 0. The van der Waals surface area contributed by atoms with E-state index in [1.165, 1.54) is 19.3 Å². The Morgan fingerprint density at radius 1 is 0.857 bits per heavy atom. The van der Waals surface area contributed by atoms with Crippen molar-refractivity contribution in [2.75, 3.05) is 0 Å². The van der Waals surface area contributed by atoms with Crippen molar-refractivity contribution in [3.63, 3.8) is 0 Å². The molecule has 0 spiro atoms. The van der Waals surface area contributed by atoms with Gasteiger partial charge in [-0.25, -0.2) is 0 Å². The molecule has 0 radical (unpaired) electrons. The van der Waals surface area contributed by atoms with Crippen molar-refractivity contribution in [3.05, 3.63) is 0 Å². The van der Waals surface area contributed by atoms with E-state index < -0.39 is 0 Å². The van der Waals surface area contributed by atoms with E-state index in [1.807, 2.05) is 0 Å². The van der Waals surface area contributed by atoms with Crippen LogP contribution in [0.4, 0.5) is 0 Å². The van der Waals surface area contributed by atoms with Gasteiger partial charge in [0, 0.05) is 0 Å². The molecular weight excluding hydrogens is 252 g/mol. The molecule has 2 rings (SSSR count). The van der Waals surface area contributed by atoms with Crippen LogP contribution in [-0.4, -0.2) is 0 Å². The predicted molar refractivity (Wildman–Crippen MR) is 94.4 cm³/mol. The third kappa shape index (κ3) is 1.93. The molecule has 3 unspecified atom stereocenters. The maximum atomic E-state index is 2.58. The SMILES string of the molecule is CC1(CCC(C)(C)C(C)(C)C)CC2(C)C1C(C)(C)C2(C)C. The molecule has 0 aromatic rings. The minimum atomic E-state index is 0.394. The van der Waals surface area contributed by atoms with E-state index in [9.17, 15) is 0 Å². The third-order valence-corrected chi connectivity index (χ3v) is 9.22. The Kier molecular flexibility index (Phi) is 3.38. The molecule has 0 aliphatic heterocycles. The fourth-order valence-electron chi connectivity index (χ4n) is 6.16. The highest BCUT2D eigenvalue weighted by Gasteiger charge is 2.79. The monoisotopic (exact) mass is 292 g/mol. The Morgan fingerprint density at radius 2 is 1.33 bits per heavy atom. The second kappa shape index (κ2) is 4.09. The molecule has 0 aromatic carbocycles. The summed E-state index contributed by atoms with van der Waals surface area (Å²) in [5.74, 6) is 0.906. The summed E-state index contributed by atoms with van der Waals surface area (Å²) in [4.78, 5) is 0. The molecule has 0 nitrogen and oxygen atoms in total. The summed E-state index contributed by atoms with van der Waals surface area (Å²) >= 11 is 0. The van der Waals surface area contributed by atoms with Crippen LogP contribution in [0.3, 0.4) is 0 Å². The van der Waals surface area contributed by atoms with Crippen LogP contribution in [0.5, 0.6) is 0 Å². The average molecular weight is 293 g/mol. The van der Waals surface area contributed by atoms with Crippen molar-refractivity contribution in [2.24, 2.45) is 38.4 Å². The molecule has 0 heteroatoms. The van der Waals surface area contributed by atoms with Crippen molar-refractivity contribution in [3.8, 4) is 0 Å². The molecular formula is C21H40. The molecule has 0 bridgehead atoms. The van der Waals surface area contributed by atoms with Gasteiger partial charge >= 0.3 is 0 Å². The number of rotatable bonds is 3. The highest BCUT2D eigenvalue weighted by Crippen LogP contribution is 2.85. The molecule has 0 amide bonds. The first-order valence-corrected chi connectivity index (χ1v) is 9.03. The van der Waals surface area contributed by atoms with Crippen molar-refractivity contribution >= 4 is 0 Å². The molecule has 2 saturated carbocycles. The van der Waals surface area contributed by atoms with Crippen LogP contribution in [0.2, 0.25) is 0 Å². The number of fused-ring (bicyclic) bond motifs is 1. The van der Waals surface area contributed by atoms with Crippen LogP contribution in [0.1, 0.15) is 95.4 Å². The van der Waals surface area contributed by atoms with Gasteiger partial charge in [-0.15, -0.1) is 0 Å². The van der Waals surface area contributed by atoms with E-state index in [4.69, 9.17) is 0 Å². The standard InChI is InChI=1S/C21H40/c1-16(2,3)17(4,5)12-13-20(10)14-21(11)15(20)18(6,7)19(21,8)9/h15H,12-14H2,1-11H3. The van der Waals surface area contributed by atoms with E-state index >= 15 is 0 Å². The van der Waals surface area contributed by atoms with E-state index in [1.54, 1.807) is 0 Å². The molecule has 2 aliphatic carbocycles. The van der Waals surface area contributed by atoms with Crippen LogP contribution >= 0.6 is 0 Å². The van der Waals surface area contributed by atoms with E-state index in [0.717, 1.165) is 5.92 Å². The first-order valence-electron chi connectivity index (χ1n) is 9.03. The van der Waals surface area contributed by atoms with Gasteiger partial charge in [-0.05, 0) is 57.7 Å². The number of hydrogen-bond donors (Lipinski definition) is 0. The minimum absolute atomic E-state index is 0.394. The summed E-state index contributed by atoms with van der Waals surface area (Å²) in [6.45, 7) is 27.3. The topological polar surface area (TPSA) is 0 Å². The third-order valence-electron chi connectivity index (χ3n) is 9.22. The fourth-order valence-corrected chi connectivity index (χ4v) is 6.16. The van der Waals surface area contributed by atoms with Crippen molar-refractivity contribution in [1.29, 1.82) is 0 Å². The van der Waals surface area contributed by atoms with Gasteiger partial charge in [0.15, 0.2) is 0 Å². The van der Waals surface area contributed by atoms with Gasteiger partial charge in [0.05, 0.1) is 0 Å². The Bertz CT molecular complexity index is 418. The summed E-state index contributed by atoms with van der Waals surface area (Å²) in [6.07, 6.45) is 4.19. The summed E-state index contributed by atoms with van der Waals surface area (Å²) in [5, 5.41) is 0. The molecule has 0 aromatic heterocycles. The zero-order valence-corrected chi connectivity index (χ0v) is 16.7. The van der Waals surface area contributed by atoms with Crippen LogP contribution in [0.25, 0.3) is 0 Å². The highest BCUT2D eigenvalue weighted by atomic mass is 14.8. The molecule has 21 heavy (non-hydrogen) atoms. The maximum Gasteiger partial charge on any atom is -0.0225 e. The van der Waals surface area contributed by atoms with Gasteiger partial charge in [-0.2, -0.15) is 0 Å². The normalized spacial score (nSPS) is 41.0. The molecule has 0 N–H and O–H groups in total. The predicted octanol–water partition coefficient (Wildman–Crippen LogP) is 6.94. The van der Waals surface area contributed by atoms with Gasteiger partial charge in [-0.1, -0.05) is 76.2 Å². The summed E-state index contributed by atoms with van der Waals surface area (Å²) in [6, 6.07) is 0. The van der Waals surface area contributed by atoms with E-state index in [-0.39, 0.29) is 0 Å². The average Bonchev–Trinajstić information content (AvgIpc) is 2.22. The van der Waals surface area contributed by atoms with E-state index in [0.29, 0.717) is 32.5 Å². The summed E-state index contributed by atoms with van der Waals surface area (Å²) < 4.78 is 0. The van der Waals surface area contributed by atoms with Crippen molar-refractivity contribution in [1.82, 2.24) is 0 Å². The lowest BCUT2D eigenvalue weighted by Gasteiger charge is -2.84. The lowest BCUT2D eigenvalue weighted by atomic mass is 9.20. The van der Waals surface area contributed by atoms with Gasteiger partial charge < -0.3 is 0 Å². The van der Waals surface area contributed by atoms with Crippen molar-refractivity contribution in [2.45, 2.75) is 95.4 Å². The van der Waals surface area contributed by atoms with Crippen LogP contribution < -0.4 is 0 Å². The first kappa shape index (κ1) is 17.4. The second-order valence-corrected chi connectivity index (χ2v) is 11.7. The molecule has 124 valence electrons. The fraction of sp³-hybridized carbons (Fsp3) is 1.00. The Labute approximate surface area is 134 Å². The quantitative estimate of drug-likeness (QED) is 0.528. The van der Waals surface area contributed by atoms with Crippen LogP contribution in [0, 0.1) is 38.4 Å². The first-order chi connectivity index (χ1) is 9.03.